The maximum Gasteiger partial charge on any atom is 0.0527 e. The van der Waals surface area contributed by atoms with Crippen LogP contribution in [0.25, 0.3) is 11.1 Å². The maximum absolute atomic E-state index is 2.74. The Morgan fingerprint density at radius 1 is 0.415 bits per heavy atom. The van der Waals surface area contributed by atoms with Gasteiger partial charge in [0.15, 0.2) is 0 Å². The fourth-order valence-electron chi connectivity index (χ4n) is 14.7. The highest BCUT2D eigenvalue weighted by Crippen LogP contribution is 2.65. The van der Waals surface area contributed by atoms with E-state index >= 15 is 0 Å². The van der Waals surface area contributed by atoms with Gasteiger partial charge in [-0.15, -0.1) is 0 Å². The Kier molecular flexibility index (Phi) is 8.56. The van der Waals surface area contributed by atoms with Crippen molar-refractivity contribution in [2.45, 2.75) is 174 Å². The molecule has 6 aromatic rings. The summed E-state index contributed by atoms with van der Waals surface area (Å²) in [5.74, 6) is 0.0519. The largest absolute Gasteiger partial charge is 0.310 e. The highest BCUT2D eigenvalue weighted by Gasteiger charge is 2.49. The summed E-state index contributed by atoms with van der Waals surface area (Å²) >= 11 is 0. The quantitative estimate of drug-likeness (QED) is 0.175. The molecule has 1 atom stereocenters. The third-order valence-electron chi connectivity index (χ3n) is 17.0. The third-order valence-corrected chi connectivity index (χ3v) is 17.0. The molecule has 0 saturated carbocycles. The number of hydrogen-bond acceptors (Lipinski definition) is 2. The summed E-state index contributed by atoms with van der Waals surface area (Å²) in [6.45, 7) is 39.1. The van der Waals surface area contributed by atoms with Gasteiger partial charge in [0.2, 0.25) is 0 Å². The van der Waals surface area contributed by atoms with Crippen molar-refractivity contribution < 1.29 is 0 Å². The zero-order valence-corrected chi connectivity index (χ0v) is 42.4. The van der Waals surface area contributed by atoms with E-state index in [4.69, 9.17) is 0 Å². The summed E-state index contributed by atoms with van der Waals surface area (Å²) < 4.78 is 0. The van der Waals surface area contributed by atoms with Crippen molar-refractivity contribution in [3.05, 3.63) is 164 Å². The zero-order valence-electron chi connectivity index (χ0n) is 42.4. The molecule has 0 fully saturated rings. The molecule has 0 aromatic heterocycles. The Morgan fingerprint density at radius 2 is 0.908 bits per heavy atom. The molecule has 5 aliphatic rings. The standard InChI is InChI=1S/C63H72N2/c1-37-26-45-48(62(13,14)35-59(45,7)8)32-50(37)65-52-33-49-47(61(11,12)36-63(49,15)16)31-43(52)55-42-24-22-39(38-20-18-17-19-21-38)27-51(42)64(53-28-40(57(2,3)4)29-54(65)56(53)55)41-23-25-44-46(30-41)60(9,10)34-58(44,5)6/h17-33,55H,34-36H2,1-16H3. The van der Waals surface area contributed by atoms with Gasteiger partial charge in [-0.05, 0) is 173 Å². The lowest BCUT2D eigenvalue weighted by molar-refractivity contribution is 0.402. The monoisotopic (exact) mass is 857 g/mol. The smallest absolute Gasteiger partial charge is 0.0527 e. The summed E-state index contributed by atoms with van der Waals surface area (Å²) in [4.78, 5) is 5.42. The molecule has 0 N–H and O–H groups in total. The van der Waals surface area contributed by atoms with Gasteiger partial charge in [-0.1, -0.05) is 165 Å². The number of rotatable bonds is 3. The van der Waals surface area contributed by atoms with Crippen molar-refractivity contribution in [2.24, 2.45) is 0 Å². The molecule has 11 rings (SSSR count). The second-order valence-corrected chi connectivity index (χ2v) is 26.1. The Bertz CT molecular complexity index is 3010. The molecule has 0 bridgehead atoms. The predicted octanol–water partition coefficient (Wildman–Crippen LogP) is 17.6. The topological polar surface area (TPSA) is 6.48 Å². The van der Waals surface area contributed by atoms with Crippen LogP contribution < -0.4 is 9.80 Å². The molecule has 0 amide bonds. The molecule has 0 saturated heterocycles. The van der Waals surface area contributed by atoms with Crippen molar-refractivity contribution in [3.63, 3.8) is 0 Å². The van der Waals surface area contributed by atoms with Crippen LogP contribution in [0.15, 0.2) is 103 Å². The molecule has 65 heavy (non-hydrogen) atoms. The van der Waals surface area contributed by atoms with Gasteiger partial charge < -0.3 is 9.80 Å². The molecule has 1 unspecified atom stereocenters. The SMILES string of the molecule is Cc1cc2c(cc1N1c3cc4c(cc3C3c5ccc(-c6ccccc6)cc5N(c5ccc6c(c5)C(C)(C)CC6(C)C)c5cc(C(C)(C)C)cc1c53)C(C)(C)CC4(C)C)C(C)(C)CC2(C)C. The summed E-state index contributed by atoms with van der Waals surface area (Å²) in [6.07, 6.45) is 3.42. The Morgan fingerprint density at radius 3 is 1.49 bits per heavy atom. The molecule has 2 heterocycles. The van der Waals surface area contributed by atoms with Crippen LogP contribution in [0.4, 0.5) is 34.1 Å². The Labute approximate surface area is 391 Å². The third kappa shape index (κ3) is 6.10. The first kappa shape index (κ1) is 42.5. The number of fused-ring (bicyclic) bond motifs is 7. The summed E-state index contributed by atoms with van der Waals surface area (Å²) in [7, 11) is 0. The number of hydrogen-bond donors (Lipinski definition) is 0. The fraction of sp³-hybridized carbons (Fsp3) is 0.429. The number of anilines is 6. The first-order valence-corrected chi connectivity index (χ1v) is 24.7. The van der Waals surface area contributed by atoms with E-state index in [0.29, 0.717) is 0 Å². The van der Waals surface area contributed by atoms with Crippen LogP contribution in [0.1, 0.15) is 190 Å². The van der Waals surface area contributed by atoms with E-state index in [-0.39, 0.29) is 43.8 Å². The van der Waals surface area contributed by atoms with E-state index in [0.717, 1.165) is 19.3 Å². The minimum Gasteiger partial charge on any atom is -0.310 e. The van der Waals surface area contributed by atoms with Gasteiger partial charge >= 0.3 is 0 Å². The van der Waals surface area contributed by atoms with Gasteiger partial charge in [-0.2, -0.15) is 0 Å². The molecular formula is C63H72N2. The van der Waals surface area contributed by atoms with Crippen LogP contribution in [0.5, 0.6) is 0 Å². The van der Waals surface area contributed by atoms with E-state index in [9.17, 15) is 0 Å². The molecule has 2 nitrogen and oxygen atoms in total. The van der Waals surface area contributed by atoms with Crippen LogP contribution in [-0.4, -0.2) is 0 Å². The van der Waals surface area contributed by atoms with E-state index in [1.54, 1.807) is 0 Å². The average Bonchev–Trinajstić information content (AvgIpc) is 3.61. The molecule has 0 spiro atoms. The molecule has 334 valence electrons. The minimum atomic E-state index is -0.0995. The number of nitrogens with zero attached hydrogens (tertiary/aromatic N) is 2. The van der Waals surface area contributed by atoms with Crippen molar-refractivity contribution in [2.75, 3.05) is 9.80 Å². The highest BCUT2D eigenvalue weighted by atomic mass is 15.2. The molecule has 6 aromatic carbocycles. The molecule has 0 radical (unpaired) electrons. The van der Waals surface area contributed by atoms with Crippen molar-refractivity contribution >= 4 is 34.1 Å². The zero-order chi connectivity index (χ0) is 46.3. The van der Waals surface area contributed by atoms with Gasteiger partial charge in [0, 0.05) is 22.9 Å². The average molecular weight is 857 g/mol. The van der Waals surface area contributed by atoms with Gasteiger partial charge in [-0.25, -0.2) is 0 Å². The molecular weight excluding hydrogens is 785 g/mol. The normalized spacial score (nSPS) is 21.6. The molecule has 3 aliphatic carbocycles. The van der Waals surface area contributed by atoms with Crippen LogP contribution in [0.2, 0.25) is 0 Å². The lowest BCUT2D eigenvalue weighted by atomic mass is 9.72. The second-order valence-electron chi connectivity index (χ2n) is 26.1. The van der Waals surface area contributed by atoms with Gasteiger partial charge in [0.1, 0.15) is 0 Å². The Hall–Kier alpha value is -5.08. The van der Waals surface area contributed by atoms with Crippen molar-refractivity contribution in [1.29, 1.82) is 0 Å². The van der Waals surface area contributed by atoms with E-state index in [2.05, 4.69) is 224 Å². The first-order chi connectivity index (χ1) is 30.2. The predicted molar refractivity (Wildman–Crippen MR) is 278 cm³/mol. The van der Waals surface area contributed by atoms with Crippen LogP contribution in [0.3, 0.4) is 0 Å². The lowest BCUT2D eigenvalue weighted by Crippen LogP contribution is -2.31. The van der Waals surface area contributed by atoms with Gasteiger partial charge in [0.25, 0.3) is 0 Å². The van der Waals surface area contributed by atoms with Gasteiger partial charge in [-0.3, -0.25) is 0 Å². The number of benzene rings is 6. The molecule has 2 aliphatic heterocycles. The van der Waals surface area contributed by atoms with E-state index < -0.39 is 0 Å². The summed E-state index contributed by atoms with van der Waals surface area (Å²) in [5, 5.41) is 0. The molecule has 2 heteroatoms. The van der Waals surface area contributed by atoms with Crippen LogP contribution in [0, 0.1) is 6.92 Å². The Balaban J connectivity index is 1.28. The van der Waals surface area contributed by atoms with Crippen molar-refractivity contribution in [3.8, 4) is 11.1 Å². The van der Waals surface area contributed by atoms with Gasteiger partial charge in [0.05, 0.1) is 22.7 Å². The lowest BCUT2D eigenvalue weighted by Gasteiger charge is -2.47. The number of aryl methyl sites for hydroxylation is 1. The van der Waals surface area contributed by atoms with Crippen LogP contribution >= 0.6 is 0 Å². The van der Waals surface area contributed by atoms with E-state index in [1.807, 2.05) is 0 Å². The van der Waals surface area contributed by atoms with Crippen LogP contribution in [-0.2, 0) is 37.9 Å². The summed E-state index contributed by atoms with van der Waals surface area (Å²) in [5.41, 5.74) is 26.6. The first-order valence-electron chi connectivity index (χ1n) is 24.7. The fourth-order valence-corrected chi connectivity index (χ4v) is 14.7. The summed E-state index contributed by atoms with van der Waals surface area (Å²) in [6, 6.07) is 41.6. The second kappa shape index (κ2) is 13.1. The minimum absolute atomic E-state index is 0.0519. The van der Waals surface area contributed by atoms with Crippen molar-refractivity contribution in [1.82, 2.24) is 0 Å². The van der Waals surface area contributed by atoms with E-state index in [1.165, 1.54) is 106 Å². The highest BCUT2D eigenvalue weighted by molar-refractivity contribution is 5.98. The maximum atomic E-state index is 2.74.